The van der Waals surface area contributed by atoms with E-state index < -0.39 is 0 Å². The maximum Gasteiger partial charge on any atom is 0.233 e. The second-order valence-corrected chi connectivity index (χ2v) is 8.24. The summed E-state index contributed by atoms with van der Waals surface area (Å²) >= 11 is 1.49. The van der Waals surface area contributed by atoms with E-state index in [2.05, 4.69) is 27.0 Å². The van der Waals surface area contributed by atoms with Gasteiger partial charge in [-0.05, 0) is 31.7 Å². The highest BCUT2D eigenvalue weighted by molar-refractivity contribution is 8.00. The number of nitrogens with one attached hydrogen (secondary N) is 1. The molecule has 1 fully saturated rings. The van der Waals surface area contributed by atoms with Gasteiger partial charge in [0.2, 0.25) is 5.91 Å². The zero-order valence-electron chi connectivity index (χ0n) is 16.6. The number of amides is 1. The Morgan fingerprint density at radius 1 is 1.43 bits per heavy atom. The van der Waals surface area contributed by atoms with Crippen molar-refractivity contribution < 1.29 is 14.3 Å². The zero-order valence-corrected chi connectivity index (χ0v) is 17.4. The molecule has 152 valence electrons. The Hall–Kier alpha value is -1.83. The number of benzene rings is 1. The van der Waals surface area contributed by atoms with Gasteiger partial charge in [0.25, 0.3) is 0 Å². The number of thioether (sulfide) groups is 1. The van der Waals surface area contributed by atoms with Gasteiger partial charge in [0.15, 0.2) is 5.16 Å². The maximum atomic E-state index is 12.4. The molecule has 0 bridgehead atoms. The van der Waals surface area contributed by atoms with Crippen LogP contribution in [0.3, 0.4) is 0 Å². The van der Waals surface area contributed by atoms with E-state index in [0.29, 0.717) is 13.2 Å². The summed E-state index contributed by atoms with van der Waals surface area (Å²) in [5, 5.41) is 3.60. The molecular formula is C21H29N3O3S. The summed E-state index contributed by atoms with van der Waals surface area (Å²) in [5.41, 5.74) is 2.18. The Morgan fingerprint density at radius 3 is 2.96 bits per heavy atom. The number of hydrogen-bond acceptors (Lipinski definition) is 5. The van der Waals surface area contributed by atoms with E-state index in [1.54, 1.807) is 7.11 Å². The molecule has 0 saturated carbocycles. The minimum atomic E-state index is -0.225. The number of imidazole rings is 1. The standard InChI is InChI=1S/C21H29N3O3S/c1-16(20(25)22-11-7-12-26-2)28-21-23-14-19(17-8-4-3-5-9-17)24(21)15-18-10-6-13-27-18/h3-5,8-9,14,16,18H,6-7,10-13,15H2,1-2H3,(H,22,25). The third-order valence-electron chi connectivity index (χ3n) is 4.77. The van der Waals surface area contributed by atoms with Gasteiger partial charge < -0.3 is 19.4 Å². The fraction of sp³-hybridized carbons (Fsp3) is 0.524. The van der Waals surface area contributed by atoms with E-state index in [4.69, 9.17) is 9.47 Å². The molecule has 1 saturated heterocycles. The van der Waals surface area contributed by atoms with E-state index in [0.717, 1.165) is 48.8 Å². The quantitative estimate of drug-likeness (QED) is 0.487. The molecule has 2 aromatic rings. The van der Waals surface area contributed by atoms with Crippen LogP contribution in [0, 0.1) is 0 Å². The number of hydrogen-bond donors (Lipinski definition) is 1. The Morgan fingerprint density at radius 2 is 2.25 bits per heavy atom. The van der Waals surface area contributed by atoms with E-state index in [1.807, 2.05) is 31.3 Å². The fourth-order valence-corrected chi connectivity index (χ4v) is 4.16. The largest absolute Gasteiger partial charge is 0.385 e. The number of carbonyl (C=O) groups excluding carboxylic acids is 1. The Labute approximate surface area is 171 Å². The summed E-state index contributed by atoms with van der Waals surface area (Å²) in [7, 11) is 1.67. The second kappa shape index (κ2) is 10.6. The van der Waals surface area contributed by atoms with E-state index in [9.17, 15) is 4.79 Å². The van der Waals surface area contributed by atoms with Gasteiger partial charge in [0.05, 0.1) is 29.8 Å². The molecule has 3 rings (SSSR count). The molecule has 2 unspecified atom stereocenters. The Balaban J connectivity index is 1.72. The molecule has 0 aliphatic carbocycles. The van der Waals surface area contributed by atoms with Crippen LogP contribution in [0.15, 0.2) is 41.7 Å². The molecule has 28 heavy (non-hydrogen) atoms. The van der Waals surface area contributed by atoms with Gasteiger partial charge in [-0.3, -0.25) is 4.79 Å². The van der Waals surface area contributed by atoms with Crippen molar-refractivity contribution >= 4 is 17.7 Å². The minimum Gasteiger partial charge on any atom is -0.385 e. The van der Waals surface area contributed by atoms with Crippen molar-refractivity contribution in [3.63, 3.8) is 0 Å². The molecule has 1 aromatic heterocycles. The number of methoxy groups -OCH3 is 1. The first-order chi connectivity index (χ1) is 13.7. The van der Waals surface area contributed by atoms with Crippen LogP contribution < -0.4 is 5.32 Å². The van der Waals surface area contributed by atoms with Crippen molar-refractivity contribution in [3.8, 4) is 11.3 Å². The molecule has 0 spiro atoms. The molecule has 0 radical (unpaired) electrons. The topological polar surface area (TPSA) is 65.4 Å². The summed E-state index contributed by atoms with van der Waals surface area (Å²) in [6.45, 7) is 4.77. The first-order valence-corrected chi connectivity index (χ1v) is 10.7. The third kappa shape index (κ3) is 5.59. The normalized spacial score (nSPS) is 17.6. The highest BCUT2D eigenvalue weighted by atomic mass is 32.2. The first kappa shape index (κ1) is 20.9. The lowest BCUT2D eigenvalue weighted by Gasteiger charge is -2.18. The Kier molecular flexibility index (Phi) is 7.94. The average Bonchev–Trinajstić information content (AvgIpc) is 3.37. The monoisotopic (exact) mass is 403 g/mol. The van der Waals surface area contributed by atoms with Gasteiger partial charge in [-0.2, -0.15) is 0 Å². The van der Waals surface area contributed by atoms with Gasteiger partial charge in [0.1, 0.15) is 0 Å². The fourth-order valence-electron chi connectivity index (χ4n) is 3.24. The molecule has 7 heteroatoms. The summed E-state index contributed by atoms with van der Waals surface area (Å²) in [4.78, 5) is 17.0. The Bertz CT molecular complexity index is 745. The molecular weight excluding hydrogens is 374 g/mol. The minimum absolute atomic E-state index is 0.0223. The molecule has 2 heterocycles. The summed E-state index contributed by atoms with van der Waals surface area (Å²) in [6.07, 6.45) is 5.07. The smallest absolute Gasteiger partial charge is 0.233 e. The van der Waals surface area contributed by atoms with Crippen LogP contribution in [-0.2, 0) is 20.8 Å². The molecule has 1 amide bonds. The highest BCUT2D eigenvalue weighted by Crippen LogP contribution is 2.30. The second-order valence-electron chi connectivity index (χ2n) is 6.94. The van der Waals surface area contributed by atoms with Gasteiger partial charge in [-0.1, -0.05) is 42.1 Å². The molecule has 1 aromatic carbocycles. The van der Waals surface area contributed by atoms with Crippen molar-refractivity contribution in [1.29, 1.82) is 0 Å². The van der Waals surface area contributed by atoms with Crippen LogP contribution in [0.2, 0.25) is 0 Å². The average molecular weight is 404 g/mol. The van der Waals surface area contributed by atoms with Gasteiger partial charge in [0, 0.05) is 26.9 Å². The van der Waals surface area contributed by atoms with Gasteiger partial charge in [-0.25, -0.2) is 4.98 Å². The molecule has 1 aliphatic heterocycles. The SMILES string of the molecule is COCCCNC(=O)C(C)Sc1ncc(-c2ccccc2)n1CC1CCCO1. The first-order valence-electron chi connectivity index (χ1n) is 9.85. The number of nitrogens with zero attached hydrogens (tertiary/aromatic N) is 2. The lowest BCUT2D eigenvalue weighted by Crippen LogP contribution is -2.32. The highest BCUT2D eigenvalue weighted by Gasteiger charge is 2.23. The molecule has 1 N–H and O–H groups in total. The number of rotatable bonds is 10. The summed E-state index contributed by atoms with van der Waals surface area (Å²) in [5.74, 6) is 0.0223. The van der Waals surface area contributed by atoms with Crippen molar-refractivity contribution in [2.45, 2.75) is 49.2 Å². The van der Waals surface area contributed by atoms with Gasteiger partial charge in [-0.15, -0.1) is 0 Å². The van der Waals surface area contributed by atoms with Crippen molar-refractivity contribution in [3.05, 3.63) is 36.5 Å². The molecule has 6 nitrogen and oxygen atoms in total. The van der Waals surface area contributed by atoms with Crippen molar-refractivity contribution in [1.82, 2.24) is 14.9 Å². The number of carbonyl (C=O) groups is 1. The summed E-state index contributed by atoms with van der Waals surface area (Å²) < 4.78 is 13.1. The van der Waals surface area contributed by atoms with Crippen LogP contribution in [-0.4, -0.2) is 53.7 Å². The van der Waals surface area contributed by atoms with Crippen LogP contribution >= 0.6 is 11.8 Å². The maximum absolute atomic E-state index is 12.4. The van der Waals surface area contributed by atoms with E-state index in [1.165, 1.54) is 11.8 Å². The third-order valence-corrected chi connectivity index (χ3v) is 5.88. The van der Waals surface area contributed by atoms with Crippen LogP contribution in [0.4, 0.5) is 0 Å². The van der Waals surface area contributed by atoms with E-state index in [-0.39, 0.29) is 17.3 Å². The predicted octanol–water partition coefficient (Wildman–Crippen LogP) is 3.36. The van der Waals surface area contributed by atoms with Crippen LogP contribution in [0.1, 0.15) is 26.2 Å². The lowest BCUT2D eigenvalue weighted by atomic mass is 10.1. The zero-order chi connectivity index (χ0) is 19.8. The number of ether oxygens (including phenoxy) is 2. The summed E-state index contributed by atoms with van der Waals surface area (Å²) in [6, 6.07) is 10.2. The van der Waals surface area contributed by atoms with E-state index >= 15 is 0 Å². The molecule has 1 aliphatic rings. The van der Waals surface area contributed by atoms with Crippen molar-refractivity contribution in [2.24, 2.45) is 0 Å². The van der Waals surface area contributed by atoms with Crippen LogP contribution in [0.25, 0.3) is 11.3 Å². The van der Waals surface area contributed by atoms with Gasteiger partial charge >= 0.3 is 0 Å². The predicted molar refractivity (Wildman–Crippen MR) is 111 cm³/mol. The number of aromatic nitrogens is 2. The molecule has 2 atom stereocenters. The van der Waals surface area contributed by atoms with Crippen molar-refractivity contribution in [2.75, 3.05) is 26.9 Å². The lowest BCUT2D eigenvalue weighted by molar-refractivity contribution is -0.120. The van der Waals surface area contributed by atoms with Crippen LogP contribution in [0.5, 0.6) is 0 Å².